The van der Waals surface area contributed by atoms with E-state index in [9.17, 15) is 9.59 Å². The van der Waals surface area contributed by atoms with E-state index in [0.717, 1.165) is 18.8 Å². The summed E-state index contributed by atoms with van der Waals surface area (Å²) in [5.74, 6) is -0.378. The van der Waals surface area contributed by atoms with Crippen molar-refractivity contribution in [1.82, 2.24) is 0 Å². The Morgan fingerprint density at radius 3 is 2.22 bits per heavy atom. The first kappa shape index (κ1) is 20.6. The molecule has 0 aliphatic carbocycles. The van der Waals surface area contributed by atoms with Crippen molar-refractivity contribution < 1.29 is 14.3 Å². The first-order valence-corrected chi connectivity index (χ1v) is 9.12. The van der Waals surface area contributed by atoms with Gasteiger partial charge in [0, 0.05) is 29.5 Å². The average Bonchev–Trinajstić information content (AvgIpc) is 2.64. The molecule has 0 radical (unpaired) electrons. The van der Waals surface area contributed by atoms with E-state index in [1.54, 1.807) is 18.2 Å². The molecule has 2 rings (SSSR count). The molecule has 144 valence electrons. The quantitative estimate of drug-likeness (QED) is 0.665. The Labute approximate surface area is 164 Å². The zero-order chi connectivity index (χ0) is 19.8. The number of ether oxygens (including phenoxy) is 1. The molecule has 7 heteroatoms. The first-order valence-electron chi connectivity index (χ1n) is 8.75. The van der Waals surface area contributed by atoms with Gasteiger partial charge in [-0.25, -0.2) is 0 Å². The van der Waals surface area contributed by atoms with Crippen molar-refractivity contribution in [3.05, 3.63) is 47.5 Å². The van der Waals surface area contributed by atoms with Crippen LogP contribution in [0.25, 0.3) is 0 Å². The van der Waals surface area contributed by atoms with Gasteiger partial charge in [0.05, 0.1) is 12.8 Å². The van der Waals surface area contributed by atoms with Crippen LogP contribution >= 0.6 is 11.6 Å². The summed E-state index contributed by atoms with van der Waals surface area (Å²) < 4.78 is 5.17. The van der Waals surface area contributed by atoms with Crippen LogP contribution in [0.5, 0.6) is 5.75 Å². The van der Waals surface area contributed by atoms with Crippen molar-refractivity contribution in [2.75, 3.05) is 35.7 Å². The fourth-order valence-corrected chi connectivity index (χ4v) is 2.84. The molecule has 2 N–H and O–H groups in total. The Morgan fingerprint density at radius 2 is 1.63 bits per heavy atom. The largest absolute Gasteiger partial charge is 0.495 e. The van der Waals surface area contributed by atoms with Crippen LogP contribution in [0.3, 0.4) is 0 Å². The van der Waals surface area contributed by atoms with Gasteiger partial charge >= 0.3 is 0 Å². The number of carbonyl (C=O) groups is 2. The van der Waals surface area contributed by atoms with Crippen LogP contribution in [0.4, 0.5) is 17.1 Å². The number of rotatable bonds is 8. The van der Waals surface area contributed by atoms with Gasteiger partial charge in [0.15, 0.2) is 0 Å². The monoisotopic (exact) mass is 389 g/mol. The third-order valence-corrected chi connectivity index (χ3v) is 4.27. The van der Waals surface area contributed by atoms with Crippen molar-refractivity contribution in [3.63, 3.8) is 0 Å². The molecular formula is C20H24ClN3O3. The first-order chi connectivity index (χ1) is 13.0. The number of anilines is 3. The maximum absolute atomic E-state index is 12.1. The van der Waals surface area contributed by atoms with Gasteiger partial charge in [0.25, 0.3) is 0 Å². The predicted octanol–water partition coefficient (Wildman–Crippen LogP) is 4.16. The van der Waals surface area contributed by atoms with E-state index in [-0.39, 0.29) is 6.42 Å². The van der Waals surface area contributed by atoms with Crippen molar-refractivity contribution in [2.45, 2.75) is 20.3 Å². The van der Waals surface area contributed by atoms with E-state index in [4.69, 9.17) is 16.3 Å². The minimum atomic E-state index is -0.451. The minimum absolute atomic E-state index is 0.312. The molecule has 2 amide bonds. The summed E-state index contributed by atoms with van der Waals surface area (Å²) in [6, 6.07) is 12.4. The van der Waals surface area contributed by atoms with Crippen molar-refractivity contribution in [3.8, 4) is 5.75 Å². The van der Waals surface area contributed by atoms with E-state index in [1.165, 1.54) is 7.11 Å². The molecule has 0 aliphatic rings. The zero-order valence-electron chi connectivity index (χ0n) is 15.7. The summed E-state index contributed by atoms with van der Waals surface area (Å²) in [4.78, 5) is 26.5. The SMILES string of the molecule is CCN(CC)c1ccc(NC(=O)CC(=O)Nc2cc(Cl)ccc2OC)cc1. The number of halogens is 1. The van der Waals surface area contributed by atoms with Crippen molar-refractivity contribution in [2.24, 2.45) is 0 Å². The fraction of sp³-hybridized carbons (Fsp3) is 0.300. The molecule has 0 unspecified atom stereocenters. The number of hydrogen-bond acceptors (Lipinski definition) is 4. The molecular weight excluding hydrogens is 366 g/mol. The number of methoxy groups -OCH3 is 1. The van der Waals surface area contributed by atoms with Crippen LogP contribution in [-0.4, -0.2) is 32.0 Å². The van der Waals surface area contributed by atoms with Crippen LogP contribution in [0, 0.1) is 0 Å². The summed E-state index contributed by atoms with van der Waals surface area (Å²) in [6.07, 6.45) is -0.312. The molecule has 0 spiro atoms. The molecule has 0 aliphatic heterocycles. The Balaban J connectivity index is 1.93. The Morgan fingerprint density at radius 1 is 1.00 bits per heavy atom. The lowest BCUT2D eigenvalue weighted by molar-refractivity contribution is -0.123. The van der Waals surface area contributed by atoms with Gasteiger partial charge in [-0.15, -0.1) is 0 Å². The van der Waals surface area contributed by atoms with Crippen LogP contribution < -0.4 is 20.3 Å². The molecule has 2 aromatic carbocycles. The van der Waals surface area contributed by atoms with E-state index in [0.29, 0.717) is 22.1 Å². The number of nitrogens with zero attached hydrogens (tertiary/aromatic N) is 1. The number of carbonyl (C=O) groups excluding carboxylic acids is 2. The molecule has 27 heavy (non-hydrogen) atoms. The highest BCUT2D eigenvalue weighted by molar-refractivity contribution is 6.31. The number of benzene rings is 2. The Hall–Kier alpha value is -2.73. The smallest absolute Gasteiger partial charge is 0.233 e. The molecule has 0 fully saturated rings. The van der Waals surface area contributed by atoms with Crippen LogP contribution in [0.2, 0.25) is 5.02 Å². The predicted molar refractivity (Wildman–Crippen MR) is 110 cm³/mol. The number of hydrogen-bond donors (Lipinski definition) is 2. The number of nitrogens with one attached hydrogen (secondary N) is 2. The maximum Gasteiger partial charge on any atom is 0.233 e. The lowest BCUT2D eigenvalue weighted by Gasteiger charge is -2.21. The van der Waals surface area contributed by atoms with Gasteiger partial charge in [0.1, 0.15) is 12.2 Å². The van der Waals surface area contributed by atoms with Gasteiger partial charge in [-0.2, -0.15) is 0 Å². The van der Waals surface area contributed by atoms with Gasteiger partial charge in [0.2, 0.25) is 11.8 Å². The summed E-state index contributed by atoms with van der Waals surface area (Å²) in [5, 5.41) is 5.83. The standard InChI is InChI=1S/C20H24ClN3O3/c1-4-24(5-2)16-9-7-15(8-10-16)22-19(25)13-20(26)23-17-12-14(21)6-11-18(17)27-3/h6-12H,4-5,13H2,1-3H3,(H,22,25)(H,23,26). The van der Waals surface area contributed by atoms with Crippen LogP contribution in [0.15, 0.2) is 42.5 Å². The number of amides is 2. The molecule has 0 aromatic heterocycles. The third kappa shape index (κ3) is 5.89. The molecule has 0 heterocycles. The van der Waals surface area contributed by atoms with E-state index < -0.39 is 11.8 Å². The highest BCUT2D eigenvalue weighted by Crippen LogP contribution is 2.27. The second kappa shape index (κ2) is 9.83. The van der Waals surface area contributed by atoms with Gasteiger partial charge < -0.3 is 20.3 Å². The molecule has 0 saturated carbocycles. The summed E-state index contributed by atoms with van der Waals surface area (Å²) >= 11 is 5.94. The highest BCUT2D eigenvalue weighted by atomic mass is 35.5. The zero-order valence-corrected chi connectivity index (χ0v) is 16.5. The Kier molecular flexibility index (Phi) is 7.49. The average molecular weight is 390 g/mol. The molecule has 0 atom stereocenters. The lowest BCUT2D eigenvalue weighted by Crippen LogP contribution is -2.22. The van der Waals surface area contributed by atoms with E-state index in [2.05, 4.69) is 29.4 Å². The van der Waals surface area contributed by atoms with Crippen LogP contribution in [-0.2, 0) is 9.59 Å². The Bertz CT molecular complexity index is 790. The lowest BCUT2D eigenvalue weighted by atomic mass is 10.2. The minimum Gasteiger partial charge on any atom is -0.495 e. The second-order valence-electron chi connectivity index (χ2n) is 5.84. The normalized spacial score (nSPS) is 10.2. The summed E-state index contributed by atoms with van der Waals surface area (Å²) in [6.45, 7) is 6.00. The third-order valence-electron chi connectivity index (χ3n) is 4.04. The molecule has 6 nitrogen and oxygen atoms in total. The fourth-order valence-electron chi connectivity index (χ4n) is 2.67. The highest BCUT2D eigenvalue weighted by Gasteiger charge is 2.13. The van der Waals surface area contributed by atoms with Gasteiger partial charge in [-0.3, -0.25) is 9.59 Å². The topological polar surface area (TPSA) is 70.7 Å². The molecule has 0 bridgehead atoms. The summed E-state index contributed by atoms with van der Waals surface area (Å²) in [7, 11) is 1.49. The van der Waals surface area contributed by atoms with Crippen molar-refractivity contribution >= 4 is 40.5 Å². The van der Waals surface area contributed by atoms with Gasteiger partial charge in [-0.1, -0.05) is 11.6 Å². The molecule has 2 aromatic rings. The second-order valence-corrected chi connectivity index (χ2v) is 6.27. The van der Waals surface area contributed by atoms with Crippen molar-refractivity contribution in [1.29, 1.82) is 0 Å². The van der Waals surface area contributed by atoms with E-state index >= 15 is 0 Å². The summed E-state index contributed by atoms with van der Waals surface area (Å²) in [5.41, 5.74) is 2.15. The van der Waals surface area contributed by atoms with E-state index in [1.807, 2.05) is 24.3 Å². The molecule has 0 saturated heterocycles. The van der Waals surface area contributed by atoms with Gasteiger partial charge in [-0.05, 0) is 56.3 Å². The maximum atomic E-state index is 12.1. The van der Waals surface area contributed by atoms with Crippen LogP contribution in [0.1, 0.15) is 20.3 Å².